The summed E-state index contributed by atoms with van der Waals surface area (Å²) >= 11 is 0. The number of carbonyl (C=O) groups excluding carboxylic acids is 1. The van der Waals surface area contributed by atoms with Crippen LogP contribution in [-0.4, -0.2) is 29.8 Å². The lowest BCUT2D eigenvalue weighted by atomic mass is 10.00. The lowest BCUT2D eigenvalue weighted by molar-refractivity contribution is -0.137. The largest absolute Gasteiger partial charge is 0.481 e. The predicted octanol–water partition coefficient (Wildman–Crippen LogP) is 3.14. The molecule has 5 nitrogen and oxygen atoms in total. The minimum Gasteiger partial charge on any atom is -0.481 e. The van der Waals surface area contributed by atoms with Crippen LogP contribution in [0, 0.1) is 0 Å². The van der Waals surface area contributed by atoms with E-state index in [1.54, 1.807) is 0 Å². The van der Waals surface area contributed by atoms with Crippen molar-refractivity contribution in [3.63, 3.8) is 0 Å². The Morgan fingerprint density at radius 1 is 1.22 bits per heavy atom. The Kier molecular flexibility index (Phi) is 5.74. The summed E-state index contributed by atoms with van der Waals surface area (Å²) in [4.78, 5) is 22.6. The van der Waals surface area contributed by atoms with Gasteiger partial charge in [-0.05, 0) is 22.8 Å². The van der Waals surface area contributed by atoms with Crippen molar-refractivity contribution in [3.05, 3.63) is 60.7 Å². The molecule has 0 aromatic heterocycles. The van der Waals surface area contributed by atoms with Gasteiger partial charge in [-0.25, -0.2) is 4.79 Å². The molecule has 0 bridgehead atoms. The lowest BCUT2D eigenvalue weighted by Crippen LogP contribution is -2.38. The van der Waals surface area contributed by atoms with Gasteiger partial charge in [0.25, 0.3) is 0 Å². The Morgan fingerprint density at radius 2 is 1.96 bits per heavy atom. The molecule has 1 amide bonds. The van der Waals surface area contributed by atoms with Gasteiger partial charge in [0.2, 0.25) is 0 Å². The first-order valence-electron chi connectivity index (χ1n) is 7.32. The van der Waals surface area contributed by atoms with Gasteiger partial charge in [0.1, 0.15) is 6.61 Å². The van der Waals surface area contributed by atoms with Crippen LogP contribution < -0.4 is 5.32 Å². The second-order valence-corrected chi connectivity index (χ2v) is 5.21. The Bertz CT molecular complexity index is 711. The van der Waals surface area contributed by atoms with Gasteiger partial charge in [-0.15, -0.1) is 0 Å². The summed E-state index contributed by atoms with van der Waals surface area (Å²) in [6.07, 6.45) is 1.06. The van der Waals surface area contributed by atoms with Crippen LogP contribution in [0.5, 0.6) is 0 Å². The van der Waals surface area contributed by atoms with Gasteiger partial charge < -0.3 is 15.2 Å². The van der Waals surface area contributed by atoms with E-state index in [0.717, 1.165) is 16.3 Å². The third-order valence-corrected chi connectivity index (χ3v) is 3.37. The smallest absolute Gasteiger partial charge is 0.407 e. The number of carboxylic acid groups (broad SMARTS) is 1. The van der Waals surface area contributed by atoms with Crippen LogP contribution in [0.1, 0.15) is 12.0 Å². The number of aliphatic carboxylic acids is 1. The SMILES string of the molecule is C=CCOC(=O)N[C@H](CC(=O)O)Cc1ccc2ccccc2c1. The van der Waals surface area contributed by atoms with Gasteiger partial charge in [-0.1, -0.05) is 55.1 Å². The third-order valence-electron chi connectivity index (χ3n) is 3.37. The van der Waals surface area contributed by atoms with Crippen LogP contribution in [0.25, 0.3) is 10.8 Å². The highest BCUT2D eigenvalue weighted by molar-refractivity contribution is 5.83. The van der Waals surface area contributed by atoms with Crippen molar-refractivity contribution in [3.8, 4) is 0 Å². The first kappa shape index (κ1) is 16.5. The zero-order chi connectivity index (χ0) is 16.7. The first-order valence-corrected chi connectivity index (χ1v) is 7.32. The van der Waals surface area contributed by atoms with Crippen molar-refractivity contribution < 1.29 is 19.4 Å². The highest BCUT2D eigenvalue weighted by Crippen LogP contribution is 2.17. The molecular weight excluding hydrogens is 294 g/mol. The number of fused-ring (bicyclic) bond motifs is 1. The molecule has 0 fully saturated rings. The van der Waals surface area contributed by atoms with Gasteiger partial charge in [0, 0.05) is 6.04 Å². The Morgan fingerprint density at radius 3 is 2.65 bits per heavy atom. The number of ether oxygens (including phenoxy) is 1. The maximum absolute atomic E-state index is 11.6. The summed E-state index contributed by atoms with van der Waals surface area (Å²) in [5, 5.41) is 13.8. The van der Waals surface area contributed by atoms with Crippen LogP contribution in [0.3, 0.4) is 0 Å². The number of rotatable bonds is 7. The normalized spacial score (nSPS) is 11.7. The predicted molar refractivity (Wildman–Crippen MR) is 88.4 cm³/mol. The molecule has 23 heavy (non-hydrogen) atoms. The van der Waals surface area contributed by atoms with Crippen LogP contribution in [0.2, 0.25) is 0 Å². The maximum Gasteiger partial charge on any atom is 0.407 e. The fourth-order valence-corrected chi connectivity index (χ4v) is 2.38. The fraction of sp³-hybridized carbons (Fsp3) is 0.222. The standard InChI is InChI=1S/C18H19NO4/c1-2-9-23-18(22)19-16(12-17(20)21)11-13-7-8-14-5-3-4-6-15(14)10-13/h2-8,10,16H,1,9,11-12H2,(H,19,22)(H,20,21)/t16-/m0/s1. The number of hydrogen-bond donors (Lipinski definition) is 2. The second-order valence-electron chi connectivity index (χ2n) is 5.21. The Labute approximate surface area is 134 Å². The fourth-order valence-electron chi connectivity index (χ4n) is 2.38. The van der Waals surface area contributed by atoms with E-state index in [1.807, 2.05) is 42.5 Å². The van der Waals surface area contributed by atoms with E-state index in [1.165, 1.54) is 6.08 Å². The summed E-state index contributed by atoms with van der Waals surface area (Å²) in [6, 6.07) is 13.3. The molecule has 0 heterocycles. The van der Waals surface area contributed by atoms with Crippen molar-refractivity contribution in [2.45, 2.75) is 18.9 Å². The molecule has 120 valence electrons. The Balaban J connectivity index is 2.09. The molecule has 1 atom stereocenters. The zero-order valence-corrected chi connectivity index (χ0v) is 12.7. The Hall–Kier alpha value is -2.82. The highest BCUT2D eigenvalue weighted by Gasteiger charge is 2.17. The number of benzene rings is 2. The van der Waals surface area contributed by atoms with Gasteiger partial charge >= 0.3 is 12.1 Å². The van der Waals surface area contributed by atoms with Crippen LogP contribution in [-0.2, 0) is 16.0 Å². The summed E-state index contributed by atoms with van der Waals surface area (Å²) in [7, 11) is 0. The average Bonchev–Trinajstić information content (AvgIpc) is 2.52. The number of carbonyl (C=O) groups is 2. The number of hydrogen-bond acceptors (Lipinski definition) is 3. The molecule has 0 spiro atoms. The van der Waals surface area contributed by atoms with E-state index in [-0.39, 0.29) is 13.0 Å². The summed E-state index contributed by atoms with van der Waals surface area (Å²) in [5.74, 6) is -0.972. The molecule has 2 N–H and O–H groups in total. The van der Waals surface area contributed by atoms with Crippen molar-refractivity contribution in [1.29, 1.82) is 0 Å². The van der Waals surface area contributed by atoms with Crippen molar-refractivity contribution in [1.82, 2.24) is 5.32 Å². The molecule has 0 aliphatic heterocycles. The second kappa shape index (κ2) is 7.98. The van der Waals surface area contributed by atoms with E-state index < -0.39 is 18.1 Å². The molecule has 0 saturated heterocycles. The van der Waals surface area contributed by atoms with Crippen molar-refractivity contribution in [2.75, 3.05) is 6.61 Å². The minimum atomic E-state index is -0.972. The molecule has 0 unspecified atom stereocenters. The number of carboxylic acids is 1. The van der Waals surface area contributed by atoms with Crippen molar-refractivity contribution in [2.24, 2.45) is 0 Å². The first-order chi connectivity index (χ1) is 11.1. The van der Waals surface area contributed by atoms with Gasteiger partial charge in [-0.3, -0.25) is 4.79 Å². The molecule has 2 rings (SSSR count). The monoisotopic (exact) mass is 313 g/mol. The average molecular weight is 313 g/mol. The number of nitrogens with one attached hydrogen (secondary N) is 1. The molecule has 0 radical (unpaired) electrons. The van der Waals surface area contributed by atoms with Crippen LogP contribution in [0.4, 0.5) is 4.79 Å². The summed E-state index contributed by atoms with van der Waals surface area (Å²) in [5.41, 5.74) is 0.957. The molecule has 0 saturated carbocycles. The van der Waals surface area contributed by atoms with Crippen LogP contribution in [0.15, 0.2) is 55.1 Å². The van der Waals surface area contributed by atoms with Gasteiger partial charge in [0.15, 0.2) is 0 Å². The van der Waals surface area contributed by atoms with E-state index in [9.17, 15) is 9.59 Å². The lowest BCUT2D eigenvalue weighted by Gasteiger charge is -2.17. The van der Waals surface area contributed by atoms with E-state index in [2.05, 4.69) is 11.9 Å². The molecule has 5 heteroatoms. The summed E-state index contributed by atoms with van der Waals surface area (Å²) < 4.78 is 4.85. The number of amides is 1. The van der Waals surface area contributed by atoms with Gasteiger partial charge in [0.05, 0.1) is 6.42 Å². The molecular formula is C18H19NO4. The molecule has 2 aromatic carbocycles. The quantitative estimate of drug-likeness (QED) is 0.770. The zero-order valence-electron chi connectivity index (χ0n) is 12.7. The molecule has 0 aliphatic carbocycles. The minimum absolute atomic E-state index is 0.0849. The van der Waals surface area contributed by atoms with E-state index in [4.69, 9.17) is 9.84 Å². The highest BCUT2D eigenvalue weighted by atomic mass is 16.5. The maximum atomic E-state index is 11.6. The summed E-state index contributed by atoms with van der Waals surface area (Å²) in [6.45, 7) is 3.54. The van der Waals surface area contributed by atoms with Crippen LogP contribution >= 0.6 is 0 Å². The van der Waals surface area contributed by atoms with Crippen molar-refractivity contribution >= 4 is 22.8 Å². The third kappa shape index (κ3) is 5.14. The van der Waals surface area contributed by atoms with E-state index in [0.29, 0.717) is 6.42 Å². The molecule has 0 aliphatic rings. The van der Waals surface area contributed by atoms with Gasteiger partial charge in [-0.2, -0.15) is 0 Å². The number of alkyl carbamates (subject to hydrolysis) is 1. The molecule has 2 aromatic rings. The van der Waals surface area contributed by atoms with E-state index >= 15 is 0 Å². The topological polar surface area (TPSA) is 75.6 Å².